The van der Waals surface area contributed by atoms with Crippen LogP contribution in [-0.4, -0.2) is 29.5 Å². The lowest BCUT2D eigenvalue weighted by Gasteiger charge is -2.42. The molecule has 0 spiro atoms. The molecule has 0 amide bonds. The second-order valence-electron chi connectivity index (χ2n) is 8.95. The van der Waals surface area contributed by atoms with Gasteiger partial charge in [0.05, 0.1) is 0 Å². The normalized spacial score (nSPS) is 21.8. The summed E-state index contributed by atoms with van der Waals surface area (Å²) in [4.78, 5) is 6.24. The third-order valence-corrected chi connectivity index (χ3v) is 6.97. The van der Waals surface area contributed by atoms with E-state index in [1.54, 1.807) is 5.56 Å². The second-order valence-corrected chi connectivity index (χ2v) is 8.95. The molecule has 152 valence electrons. The zero-order valence-electron chi connectivity index (χ0n) is 17.4. The van der Waals surface area contributed by atoms with Gasteiger partial charge >= 0.3 is 0 Å². The molecule has 1 saturated carbocycles. The third-order valence-electron chi connectivity index (χ3n) is 6.97. The van der Waals surface area contributed by atoms with Crippen molar-refractivity contribution in [2.45, 2.75) is 50.0 Å². The monoisotopic (exact) mass is 406 g/mol. The van der Waals surface area contributed by atoms with Crippen LogP contribution in [0, 0.1) is 0 Å². The zero-order chi connectivity index (χ0) is 19.1. The number of para-hydroxylation sites is 1. The lowest BCUT2D eigenvalue weighted by atomic mass is 9.76. The van der Waals surface area contributed by atoms with Crippen molar-refractivity contribution >= 4 is 28.9 Å². The van der Waals surface area contributed by atoms with Gasteiger partial charge in [0, 0.05) is 22.1 Å². The number of rotatable bonds is 5. The number of benzene rings is 2. The lowest BCUT2D eigenvalue weighted by Crippen LogP contribution is -2.47. The molecule has 29 heavy (non-hydrogen) atoms. The number of aromatic nitrogens is 1. The number of H-pyrrole nitrogens is 1. The first-order chi connectivity index (χ1) is 13.7. The molecule has 1 fully saturated rings. The van der Waals surface area contributed by atoms with Crippen molar-refractivity contribution in [2.75, 3.05) is 14.1 Å². The van der Waals surface area contributed by atoms with E-state index in [9.17, 15) is 0 Å². The highest BCUT2D eigenvalue weighted by Crippen LogP contribution is 2.48. The Hall–Kier alpha value is -2.03. The number of nitrogens with one attached hydrogen (secondary N) is 1. The number of nitrogens with zero attached hydrogens (tertiary/aromatic N) is 1. The van der Waals surface area contributed by atoms with Gasteiger partial charge in [-0.1, -0.05) is 54.6 Å². The number of hydrogen-bond acceptors (Lipinski definition) is 1. The summed E-state index contributed by atoms with van der Waals surface area (Å²) in [7, 11) is 4.50. The van der Waals surface area contributed by atoms with Gasteiger partial charge in [-0.25, -0.2) is 0 Å². The molecule has 1 aromatic heterocycles. The van der Waals surface area contributed by atoms with Crippen molar-refractivity contribution in [2.24, 2.45) is 0 Å². The van der Waals surface area contributed by atoms with Crippen LogP contribution in [0.15, 0.2) is 60.7 Å². The third kappa shape index (κ3) is 3.76. The molecule has 0 aliphatic heterocycles. The fourth-order valence-corrected chi connectivity index (χ4v) is 5.03. The van der Waals surface area contributed by atoms with E-state index in [0.29, 0.717) is 0 Å². The Morgan fingerprint density at radius 3 is 2.38 bits per heavy atom. The van der Waals surface area contributed by atoms with E-state index in [0.717, 1.165) is 25.2 Å². The molecule has 2 aromatic carbocycles. The van der Waals surface area contributed by atoms with Crippen molar-refractivity contribution in [3.8, 4) is 0 Å². The SMILES string of the molecule is CN(C)C1(Cc2ccccc2)CC=C(c2[nH]c3ccccc3c2C2CC2)CC1.Cl. The summed E-state index contributed by atoms with van der Waals surface area (Å²) in [6.45, 7) is 0. The van der Waals surface area contributed by atoms with Crippen molar-refractivity contribution < 1.29 is 0 Å². The molecule has 0 radical (unpaired) electrons. The summed E-state index contributed by atoms with van der Waals surface area (Å²) in [5.74, 6) is 0.761. The van der Waals surface area contributed by atoms with E-state index in [1.165, 1.54) is 47.0 Å². The topological polar surface area (TPSA) is 19.0 Å². The molecule has 0 bridgehead atoms. The molecule has 3 aromatic rings. The van der Waals surface area contributed by atoms with Crippen LogP contribution < -0.4 is 0 Å². The highest BCUT2D eigenvalue weighted by molar-refractivity contribution is 5.90. The molecule has 2 aliphatic carbocycles. The molecule has 2 aliphatic rings. The smallest absolute Gasteiger partial charge is 0.0461 e. The van der Waals surface area contributed by atoms with E-state index in [4.69, 9.17) is 0 Å². The van der Waals surface area contributed by atoms with Gasteiger partial charge < -0.3 is 9.88 Å². The Balaban J connectivity index is 0.00000205. The minimum atomic E-state index is 0. The fourth-order valence-electron chi connectivity index (χ4n) is 5.03. The van der Waals surface area contributed by atoms with Gasteiger partial charge in [0.25, 0.3) is 0 Å². The first-order valence-corrected chi connectivity index (χ1v) is 10.7. The van der Waals surface area contributed by atoms with Crippen LogP contribution in [0.3, 0.4) is 0 Å². The highest BCUT2D eigenvalue weighted by Gasteiger charge is 2.36. The number of aromatic amines is 1. The average Bonchev–Trinajstić information content (AvgIpc) is 3.48. The number of fused-ring (bicyclic) bond motifs is 1. The Morgan fingerprint density at radius 1 is 1.00 bits per heavy atom. The van der Waals surface area contributed by atoms with E-state index >= 15 is 0 Å². The number of hydrogen-bond donors (Lipinski definition) is 1. The Bertz CT molecular complexity index is 1010. The van der Waals surface area contributed by atoms with Crippen LogP contribution in [0.5, 0.6) is 0 Å². The van der Waals surface area contributed by atoms with Gasteiger partial charge in [-0.15, -0.1) is 12.4 Å². The Morgan fingerprint density at radius 2 is 1.72 bits per heavy atom. The van der Waals surface area contributed by atoms with Gasteiger partial charge in [0.1, 0.15) is 0 Å². The molecule has 3 heteroatoms. The van der Waals surface area contributed by atoms with Crippen molar-refractivity contribution in [3.05, 3.63) is 77.5 Å². The minimum absolute atomic E-state index is 0. The Kier molecular flexibility index (Phi) is 5.59. The van der Waals surface area contributed by atoms with Crippen LogP contribution >= 0.6 is 12.4 Å². The van der Waals surface area contributed by atoms with Gasteiger partial charge in [0.2, 0.25) is 0 Å². The van der Waals surface area contributed by atoms with Gasteiger partial charge in [-0.2, -0.15) is 0 Å². The maximum Gasteiger partial charge on any atom is 0.0461 e. The standard InChI is InChI=1S/C26H30N2.ClH/c1-28(2)26(18-19-8-4-3-5-9-19)16-14-21(15-17-26)25-24(20-12-13-20)22-10-6-7-11-23(22)27-25;/h3-11,14,20,27H,12-13,15-18H2,1-2H3;1H. The van der Waals surface area contributed by atoms with E-state index in [1.807, 2.05) is 0 Å². The van der Waals surface area contributed by atoms with E-state index in [2.05, 4.69) is 84.7 Å². The molecule has 2 nitrogen and oxygen atoms in total. The fraction of sp³-hybridized carbons (Fsp3) is 0.385. The largest absolute Gasteiger partial charge is 0.355 e. The molecule has 5 rings (SSSR count). The van der Waals surface area contributed by atoms with E-state index < -0.39 is 0 Å². The molecule has 1 N–H and O–H groups in total. The summed E-state index contributed by atoms with van der Waals surface area (Å²) >= 11 is 0. The van der Waals surface area contributed by atoms with Crippen LogP contribution in [-0.2, 0) is 6.42 Å². The molecular weight excluding hydrogens is 376 g/mol. The maximum atomic E-state index is 3.78. The number of halogens is 1. The summed E-state index contributed by atoms with van der Waals surface area (Å²) in [6.07, 6.45) is 9.81. The quantitative estimate of drug-likeness (QED) is 0.507. The second kappa shape index (κ2) is 8.01. The lowest BCUT2D eigenvalue weighted by molar-refractivity contribution is 0.138. The van der Waals surface area contributed by atoms with Gasteiger partial charge in [-0.05, 0) is 81.3 Å². The maximum absolute atomic E-state index is 3.78. The van der Waals surface area contributed by atoms with Crippen LogP contribution in [0.4, 0.5) is 0 Å². The minimum Gasteiger partial charge on any atom is -0.355 e. The summed E-state index contributed by atoms with van der Waals surface area (Å²) in [5, 5.41) is 1.44. The van der Waals surface area contributed by atoms with E-state index in [-0.39, 0.29) is 17.9 Å². The number of allylic oxidation sites excluding steroid dienone is 1. The number of likely N-dealkylation sites (N-methyl/N-ethyl adjacent to an activating group) is 1. The summed E-state index contributed by atoms with van der Waals surface area (Å²) in [6, 6.07) is 19.8. The highest BCUT2D eigenvalue weighted by atomic mass is 35.5. The van der Waals surface area contributed by atoms with Crippen molar-refractivity contribution in [1.82, 2.24) is 9.88 Å². The molecule has 1 atom stereocenters. The molecule has 0 saturated heterocycles. The molecular formula is C26H31ClN2. The molecule has 1 heterocycles. The van der Waals surface area contributed by atoms with Crippen LogP contribution in [0.25, 0.3) is 16.5 Å². The Labute approximate surface area is 180 Å². The summed E-state index contributed by atoms with van der Waals surface area (Å²) < 4.78 is 0. The first kappa shape index (κ1) is 20.3. The predicted octanol–water partition coefficient (Wildman–Crippen LogP) is 6.58. The van der Waals surface area contributed by atoms with Crippen molar-refractivity contribution in [1.29, 1.82) is 0 Å². The predicted molar refractivity (Wildman–Crippen MR) is 126 cm³/mol. The first-order valence-electron chi connectivity index (χ1n) is 10.7. The average molecular weight is 407 g/mol. The molecule has 1 unspecified atom stereocenters. The zero-order valence-corrected chi connectivity index (χ0v) is 18.3. The van der Waals surface area contributed by atoms with Crippen LogP contribution in [0.1, 0.15) is 54.8 Å². The summed E-state index contributed by atoms with van der Waals surface area (Å²) in [5.41, 5.74) is 7.50. The van der Waals surface area contributed by atoms with Gasteiger partial charge in [0.15, 0.2) is 0 Å². The van der Waals surface area contributed by atoms with Crippen LogP contribution in [0.2, 0.25) is 0 Å². The van der Waals surface area contributed by atoms with Gasteiger partial charge in [-0.3, -0.25) is 0 Å². The van der Waals surface area contributed by atoms with Crippen molar-refractivity contribution in [3.63, 3.8) is 0 Å².